The molecular weight excluding hydrogens is 269 g/mol. The van der Waals surface area contributed by atoms with E-state index in [9.17, 15) is 9.18 Å². The molecule has 0 fully saturated rings. The fraction of sp³-hybridized carbons (Fsp3) is 0. The van der Waals surface area contributed by atoms with Crippen molar-refractivity contribution < 1.29 is 9.18 Å². The van der Waals surface area contributed by atoms with Crippen LogP contribution in [-0.4, -0.2) is 15.7 Å². The van der Waals surface area contributed by atoms with Gasteiger partial charge in [0.15, 0.2) is 0 Å². The Morgan fingerprint density at radius 3 is 2.38 bits per heavy atom. The minimum atomic E-state index is -0.366. The van der Waals surface area contributed by atoms with Gasteiger partial charge in [0.1, 0.15) is 5.82 Å². The maximum Gasteiger partial charge on any atom is 0.255 e. The van der Waals surface area contributed by atoms with Gasteiger partial charge in [0.05, 0.1) is 5.69 Å². The third-order valence-electron chi connectivity index (χ3n) is 3.00. The minimum Gasteiger partial charge on any atom is -0.322 e. The number of rotatable bonds is 3. The quantitative estimate of drug-likeness (QED) is 0.801. The summed E-state index contributed by atoms with van der Waals surface area (Å²) in [4.78, 5) is 12.0. The van der Waals surface area contributed by atoms with E-state index in [1.165, 1.54) is 24.3 Å². The topological polar surface area (TPSA) is 46.9 Å². The molecule has 5 heteroatoms. The molecule has 0 aliphatic rings. The molecule has 0 spiro atoms. The largest absolute Gasteiger partial charge is 0.322 e. The van der Waals surface area contributed by atoms with Crippen molar-refractivity contribution in [2.75, 3.05) is 5.32 Å². The third kappa shape index (κ3) is 2.97. The summed E-state index contributed by atoms with van der Waals surface area (Å²) in [5, 5.41) is 6.89. The molecule has 2 aromatic carbocycles. The van der Waals surface area contributed by atoms with Gasteiger partial charge >= 0.3 is 0 Å². The minimum absolute atomic E-state index is 0.276. The zero-order valence-electron chi connectivity index (χ0n) is 11.0. The summed E-state index contributed by atoms with van der Waals surface area (Å²) in [5.74, 6) is -0.642. The van der Waals surface area contributed by atoms with Crippen LogP contribution in [0.15, 0.2) is 67.0 Å². The highest BCUT2D eigenvalue weighted by Crippen LogP contribution is 2.14. The third-order valence-corrected chi connectivity index (χ3v) is 3.00. The molecule has 0 aliphatic heterocycles. The van der Waals surface area contributed by atoms with E-state index in [1.807, 2.05) is 24.4 Å². The highest BCUT2D eigenvalue weighted by atomic mass is 19.1. The number of amides is 1. The SMILES string of the molecule is O=C(Nc1ccc(-n2cccn2)cc1)c1ccc(F)cc1. The first kappa shape index (κ1) is 13.1. The van der Waals surface area contributed by atoms with Crippen molar-refractivity contribution in [2.45, 2.75) is 0 Å². The Bertz CT molecular complexity index is 734. The summed E-state index contributed by atoms with van der Waals surface area (Å²) in [6.45, 7) is 0. The second kappa shape index (κ2) is 5.58. The lowest BCUT2D eigenvalue weighted by Gasteiger charge is -2.07. The summed E-state index contributed by atoms with van der Waals surface area (Å²) in [5.41, 5.74) is 1.98. The van der Waals surface area contributed by atoms with Gasteiger partial charge in [-0.15, -0.1) is 0 Å². The maximum atomic E-state index is 12.8. The van der Waals surface area contributed by atoms with Gasteiger partial charge in [0, 0.05) is 23.6 Å². The fourth-order valence-electron chi connectivity index (χ4n) is 1.92. The average molecular weight is 281 g/mol. The average Bonchev–Trinajstić information content (AvgIpc) is 3.03. The second-order valence-electron chi connectivity index (χ2n) is 4.46. The summed E-state index contributed by atoms with van der Waals surface area (Å²) in [7, 11) is 0. The zero-order chi connectivity index (χ0) is 14.7. The molecular formula is C16H12FN3O. The Morgan fingerprint density at radius 2 is 1.76 bits per heavy atom. The monoisotopic (exact) mass is 281 g/mol. The van der Waals surface area contributed by atoms with Crippen LogP contribution in [0.3, 0.4) is 0 Å². The number of nitrogens with one attached hydrogen (secondary N) is 1. The number of aromatic nitrogens is 2. The van der Waals surface area contributed by atoms with E-state index in [0.717, 1.165) is 5.69 Å². The molecule has 4 nitrogen and oxygen atoms in total. The van der Waals surface area contributed by atoms with Crippen LogP contribution in [0.2, 0.25) is 0 Å². The van der Waals surface area contributed by atoms with Crippen molar-refractivity contribution in [2.24, 2.45) is 0 Å². The van der Waals surface area contributed by atoms with Gasteiger partial charge in [-0.1, -0.05) is 0 Å². The Hall–Kier alpha value is -2.95. The molecule has 0 radical (unpaired) electrons. The second-order valence-corrected chi connectivity index (χ2v) is 4.46. The molecule has 0 atom stereocenters. The highest BCUT2D eigenvalue weighted by Gasteiger charge is 2.06. The van der Waals surface area contributed by atoms with Crippen molar-refractivity contribution in [3.8, 4) is 5.69 Å². The number of anilines is 1. The zero-order valence-corrected chi connectivity index (χ0v) is 11.0. The van der Waals surface area contributed by atoms with Crippen molar-refractivity contribution >= 4 is 11.6 Å². The lowest BCUT2D eigenvalue weighted by molar-refractivity contribution is 0.102. The smallest absolute Gasteiger partial charge is 0.255 e. The Kier molecular flexibility index (Phi) is 3.47. The number of hydrogen-bond acceptors (Lipinski definition) is 2. The molecule has 0 unspecified atom stereocenters. The van der Waals surface area contributed by atoms with Crippen LogP contribution in [0.1, 0.15) is 10.4 Å². The van der Waals surface area contributed by atoms with Gasteiger partial charge < -0.3 is 5.32 Å². The summed E-state index contributed by atoms with van der Waals surface area (Å²) >= 11 is 0. The predicted octanol–water partition coefficient (Wildman–Crippen LogP) is 3.26. The van der Waals surface area contributed by atoms with Crippen molar-refractivity contribution in [3.05, 3.63) is 78.4 Å². The van der Waals surface area contributed by atoms with Gasteiger partial charge in [0.2, 0.25) is 0 Å². The molecule has 21 heavy (non-hydrogen) atoms. The van der Waals surface area contributed by atoms with E-state index >= 15 is 0 Å². The normalized spacial score (nSPS) is 10.3. The van der Waals surface area contributed by atoms with Crippen molar-refractivity contribution in [1.82, 2.24) is 9.78 Å². The Labute approximate surface area is 120 Å². The van der Waals surface area contributed by atoms with E-state index < -0.39 is 0 Å². The summed E-state index contributed by atoms with van der Waals surface area (Å²) < 4.78 is 14.5. The molecule has 1 aromatic heterocycles. The summed E-state index contributed by atoms with van der Waals surface area (Å²) in [6.07, 6.45) is 3.54. The number of carbonyl (C=O) groups is 1. The van der Waals surface area contributed by atoms with E-state index in [1.54, 1.807) is 23.0 Å². The first-order chi connectivity index (χ1) is 10.2. The number of benzene rings is 2. The number of nitrogens with zero attached hydrogens (tertiary/aromatic N) is 2. The van der Waals surface area contributed by atoms with Crippen molar-refractivity contribution in [3.63, 3.8) is 0 Å². The number of carbonyl (C=O) groups excluding carboxylic acids is 1. The molecule has 0 saturated carbocycles. The van der Waals surface area contributed by atoms with Gasteiger partial charge in [-0.2, -0.15) is 5.10 Å². The maximum absolute atomic E-state index is 12.8. The van der Waals surface area contributed by atoms with Crippen LogP contribution in [-0.2, 0) is 0 Å². The van der Waals surface area contributed by atoms with Gasteiger partial charge in [-0.3, -0.25) is 4.79 Å². The first-order valence-electron chi connectivity index (χ1n) is 6.39. The fourth-order valence-corrected chi connectivity index (χ4v) is 1.92. The van der Waals surface area contributed by atoms with Crippen LogP contribution >= 0.6 is 0 Å². The molecule has 3 rings (SSSR count). The van der Waals surface area contributed by atoms with Crippen LogP contribution in [0.4, 0.5) is 10.1 Å². The predicted molar refractivity (Wildman–Crippen MR) is 77.9 cm³/mol. The van der Waals surface area contributed by atoms with Crippen LogP contribution in [0.25, 0.3) is 5.69 Å². The Morgan fingerprint density at radius 1 is 1.05 bits per heavy atom. The van der Waals surface area contributed by atoms with Crippen LogP contribution in [0.5, 0.6) is 0 Å². The standard InChI is InChI=1S/C16H12FN3O/c17-13-4-2-12(3-5-13)16(21)19-14-6-8-15(9-7-14)20-11-1-10-18-20/h1-11H,(H,19,21). The molecule has 0 aliphatic carbocycles. The van der Waals surface area contributed by atoms with E-state index in [4.69, 9.17) is 0 Å². The molecule has 1 N–H and O–H groups in total. The first-order valence-corrected chi connectivity index (χ1v) is 6.39. The number of hydrogen-bond donors (Lipinski definition) is 1. The highest BCUT2D eigenvalue weighted by molar-refractivity contribution is 6.04. The van der Waals surface area contributed by atoms with E-state index in [-0.39, 0.29) is 11.7 Å². The Balaban J connectivity index is 1.73. The van der Waals surface area contributed by atoms with Gasteiger partial charge in [-0.25, -0.2) is 9.07 Å². The molecule has 104 valence electrons. The van der Waals surface area contributed by atoms with E-state index in [0.29, 0.717) is 11.3 Å². The lowest BCUT2D eigenvalue weighted by Crippen LogP contribution is -2.11. The molecule has 1 amide bonds. The molecule has 0 bridgehead atoms. The van der Waals surface area contributed by atoms with E-state index in [2.05, 4.69) is 10.4 Å². The van der Waals surface area contributed by atoms with Crippen LogP contribution < -0.4 is 5.32 Å². The van der Waals surface area contributed by atoms with Gasteiger partial charge in [-0.05, 0) is 54.6 Å². The summed E-state index contributed by atoms with van der Waals surface area (Å²) in [6, 6.07) is 14.5. The van der Waals surface area contributed by atoms with Gasteiger partial charge in [0.25, 0.3) is 5.91 Å². The molecule has 3 aromatic rings. The molecule has 1 heterocycles. The van der Waals surface area contributed by atoms with Crippen molar-refractivity contribution in [1.29, 1.82) is 0 Å². The lowest BCUT2D eigenvalue weighted by atomic mass is 10.2. The molecule has 0 saturated heterocycles. The number of halogens is 1. The van der Waals surface area contributed by atoms with Crippen LogP contribution in [0, 0.1) is 5.82 Å².